The van der Waals surface area contributed by atoms with E-state index in [0.717, 1.165) is 6.42 Å². The fourth-order valence-corrected chi connectivity index (χ4v) is 0.733. The van der Waals surface area contributed by atoms with E-state index in [1.807, 2.05) is 13.8 Å². The molecule has 0 aliphatic rings. The molecule has 0 atom stereocenters. The van der Waals surface area contributed by atoms with E-state index >= 15 is 0 Å². The van der Waals surface area contributed by atoms with Crippen molar-refractivity contribution in [2.45, 2.75) is 33.6 Å². The number of hydrogen-bond acceptors (Lipinski definition) is 3. The van der Waals surface area contributed by atoms with Gasteiger partial charge in [0.2, 0.25) is 5.78 Å². The Balaban J connectivity index is 3.65. The summed E-state index contributed by atoms with van der Waals surface area (Å²) < 4.78 is 4.55. The topological polar surface area (TPSA) is 43.4 Å². The van der Waals surface area contributed by atoms with Gasteiger partial charge in [-0.1, -0.05) is 13.8 Å². The van der Waals surface area contributed by atoms with Crippen LogP contribution in [-0.2, 0) is 14.3 Å². The number of rotatable bonds is 5. The Hall–Kier alpha value is -0.860. The Morgan fingerprint density at radius 2 is 1.92 bits per heavy atom. The van der Waals surface area contributed by atoms with Crippen LogP contribution in [0.5, 0.6) is 0 Å². The molecule has 0 saturated heterocycles. The monoisotopic (exact) mass is 172 g/mol. The first-order chi connectivity index (χ1) is 5.57. The van der Waals surface area contributed by atoms with Crippen LogP contribution in [0.2, 0.25) is 0 Å². The molecule has 3 nitrogen and oxygen atoms in total. The summed E-state index contributed by atoms with van der Waals surface area (Å²) in [6, 6.07) is 0. The van der Waals surface area contributed by atoms with Gasteiger partial charge < -0.3 is 4.74 Å². The molecule has 0 spiro atoms. The molecule has 0 fully saturated rings. The average molecular weight is 172 g/mol. The van der Waals surface area contributed by atoms with Crippen LogP contribution in [0.15, 0.2) is 0 Å². The highest BCUT2D eigenvalue weighted by atomic mass is 16.5. The minimum Gasteiger partial charge on any atom is -0.460 e. The highest BCUT2D eigenvalue weighted by Gasteiger charge is 2.14. The lowest BCUT2D eigenvalue weighted by molar-refractivity contribution is -0.153. The van der Waals surface area contributed by atoms with Crippen LogP contribution in [0.4, 0.5) is 0 Å². The minimum absolute atomic E-state index is 0.270. The number of carbonyl (C=O) groups is 2. The Labute approximate surface area is 73.1 Å². The maximum atomic E-state index is 11.0. The molecule has 0 aromatic rings. The van der Waals surface area contributed by atoms with Crippen molar-refractivity contribution in [3.05, 3.63) is 0 Å². The molecule has 0 aromatic heterocycles. The molecule has 12 heavy (non-hydrogen) atoms. The number of hydrogen-bond donors (Lipinski definition) is 0. The molecule has 70 valence electrons. The lowest BCUT2D eigenvalue weighted by Gasteiger charge is -2.02. The van der Waals surface area contributed by atoms with Crippen LogP contribution >= 0.6 is 0 Å². The van der Waals surface area contributed by atoms with E-state index in [4.69, 9.17) is 0 Å². The Kier molecular flexibility index (Phi) is 5.34. The van der Waals surface area contributed by atoms with Gasteiger partial charge in [0.25, 0.3) is 0 Å². The van der Waals surface area contributed by atoms with Gasteiger partial charge in [-0.25, -0.2) is 4.79 Å². The Bertz CT molecular complexity index is 161. The van der Waals surface area contributed by atoms with Crippen LogP contribution in [0.1, 0.15) is 33.6 Å². The summed E-state index contributed by atoms with van der Waals surface area (Å²) in [5, 5.41) is 0. The molecule has 0 heterocycles. The van der Waals surface area contributed by atoms with Crippen molar-refractivity contribution in [3.8, 4) is 0 Å². The SMILES string of the molecule is CCOC(=O)C(=O)CCC(C)C. The van der Waals surface area contributed by atoms with Gasteiger partial charge in [-0.15, -0.1) is 0 Å². The van der Waals surface area contributed by atoms with E-state index in [-0.39, 0.29) is 6.61 Å². The third kappa shape index (κ3) is 4.88. The van der Waals surface area contributed by atoms with E-state index in [9.17, 15) is 9.59 Å². The van der Waals surface area contributed by atoms with E-state index in [2.05, 4.69) is 4.74 Å². The lowest BCUT2D eigenvalue weighted by Crippen LogP contribution is -2.17. The molecule has 0 aliphatic heterocycles. The van der Waals surface area contributed by atoms with Gasteiger partial charge in [0.15, 0.2) is 0 Å². The van der Waals surface area contributed by atoms with Crippen molar-refractivity contribution < 1.29 is 14.3 Å². The van der Waals surface area contributed by atoms with Gasteiger partial charge in [0.1, 0.15) is 0 Å². The molecule has 0 rings (SSSR count). The maximum Gasteiger partial charge on any atom is 0.374 e. The summed E-state index contributed by atoms with van der Waals surface area (Å²) in [4.78, 5) is 21.7. The first kappa shape index (κ1) is 11.1. The first-order valence-corrected chi connectivity index (χ1v) is 4.27. The zero-order chi connectivity index (χ0) is 9.56. The normalized spacial score (nSPS) is 10.0. The number of ether oxygens (including phenoxy) is 1. The highest BCUT2D eigenvalue weighted by Crippen LogP contribution is 2.04. The second kappa shape index (κ2) is 5.75. The fourth-order valence-electron chi connectivity index (χ4n) is 0.733. The molecule has 0 saturated carbocycles. The first-order valence-electron chi connectivity index (χ1n) is 4.27. The number of Topliss-reactive ketones (excluding diaryl/α,β-unsaturated/α-hetero) is 1. The van der Waals surface area contributed by atoms with Gasteiger partial charge >= 0.3 is 5.97 Å². The fraction of sp³-hybridized carbons (Fsp3) is 0.778. The van der Waals surface area contributed by atoms with Crippen LogP contribution in [-0.4, -0.2) is 18.4 Å². The minimum atomic E-state index is -0.696. The van der Waals surface area contributed by atoms with Crippen molar-refractivity contribution in [3.63, 3.8) is 0 Å². The summed E-state index contributed by atoms with van der Waals surface area (Å²) >= 11 is 0. The zero-order valence-electron chi connectivity index (χ0n) is 7.92. The molecule has 0 radical (unpaired) electrons. The molecule has 0 N–H and O–H groups in total. The van der Waals surface area contributed by atoms with Crippen molar-refractivity contribution in [2.75, 3.05) is 6.61 Å². The second-order valence-corrected chi connectivity index (χ2v) is 3.08. The Morgan fingerprint density at radius 3 is 2.33 bits per heavy atom. The lowest BCUT2D eigenvalue weighted by atomic mass is 10.1. The van der Waals surface area contributed by atoms with Gasteiger partial charge in [-0.05, 0) is 19.3 Å². The molecule has 0 aromatic carbocycles. The van der Waals surface area contributed by atoms with Gasteiger partial charge in [-0.3, -0.25) is 4.79 Å². The van der Waals surface area contributed by atoms with Crippen LogP contribution in [0, 0.1) is 5.92 Å². The standard InChI is InChI=1S/C9H16O3/c1-4-12-9(11)8(10)6-5-7(2)3/h7H,4-6H2,1-3H3. The molecule has 0 unspecified atom stereocenters. The number of ketones is 1. The summed E-state index contributed by atoms with van der Waals surface area (Å²) in [6.07, 6.45) is 1.05. The molecular formula is C9H16O3. The largest absolute Gasteiger partial charge is 0.460 e. The van der Waals surface area contributed by atoms with E-state index in [1.165, 1.54) is 0 Å². The van der Waals surface area contributed by atoms with Crippen molar-refractivity contribution in [1.82, 2.24) is 0 Å². The van der Waals surface area contributed by atoms with E-state index in [1.54, 1.807) is 6.92 Å². The maximum absolute atomic E-state index is 11.0. The number of esters is 1. The summed E-state index contributed by atoms with van der Waals surface area (Å²) in [7, 11) is 0. The van der Waals surface area contributed by atoms with Gasteiger partial charge in [-0.2, -0.15) is 0 Å². The van der Waals surface area contributed by atoms with Gasteiger partial charge in [0, 0.05) is 6.42 Å². The zero-order valence-corrected chi connectivity index (χ0v) is 7.92. The summed E-state index contributed by atoms with van der Waals surface area (Å²) in [5.74, 6) is -0.660. The van der Waals surface area contributed by atoms with Crippen LogP contribution < -0.4 is 0 Å². The van der Waals surface area contributed by atoms with E-state index in [0.29, 0.717) is 12.3 Å². The van der Waals surface area contributed by atoms with Crippen molar-refractivity contribution >= 4 is 11.8 Å². The van der Waals surface area contributed by atoms with Crippen molar-refractivity contribution in [2.24, 2.45) is 5.92 Å². The van der Waals surface area contributed by atoms with Crippen LogP contribution in [0.3, 0.4) is 0 Å². The Morgan fingerprint density at radius 1 is 1.33 bits per heavy atom. The van der Waals surface area contributed by atoms with E-state index < -0.39 is 11.8 Å². The molecule has 0 amide bonds. The molecule has 0 aliphatic carbocycles. The third-order valence-corrected chi connectivity index (χ3v) is 1.45. The molecular weight excluding hydrogens is 156 g/mol. The highest BCUT2D eigenvalue weighted by molar-refractivity contribution is 6.33. The van der Waals surface area contributed by atoms with Crippen molar-refractivity contribution in [1.29, 1.82) is 0 Å². The number of carbonyl (C=O) groups excluding carboxylic acids is 2. The average Bonchev–Trinajstić information content (AvgIpc) is 2.00. The predicted molar refractivity (Wildman–Crippen MR) is 45.7 cm³/mol. The predicted octanol–water partition coefficient (Wildman–Crippen LogP) is 1.55. The molecule has 3 heteroatoms. The summed E-state index contributed by atoms with van der Waals surface area (Å²) in [5.41, 5.74) is 0. The van der Waals surface area contributed by atoms with Crippen LogP contribution in [0.25, 0.3) is 0 Å². The summed E-state index contributed by atoms with van der Waals surface area (Å²) in [6.45, 7) is 5.98. The third-order valence-electron chi connectivity index (χ3n) is 1.45. The van der Waals surface area contributed by atoms with Gasteiger partial charge in [0.05, 0.1) is 6.61 Å². The quantitative estimate of drug-likeness (QED) is 0.467. The smallest absolute Gasteiger partial charge is 0.374 e. The molecule has 0 bridgehead atoms. The second-order valence-electron chi connectivity index (χ2n) is 3.08.